The van der Waals surface area contributed by atoms with Crippen molar-refractivity contribution in [2.24, 2.45) is 0 Å². The number of ether oxygens (including phenoxy) is 1. The highest BCUT2D eigenvalue weighted by Crippen LogP contribution is 2.24. The van der Waals surface area contributed by atoms with Gasteiger partial charge in [0.2, 0.25) is 0 Å². The summed E-state index contributed by atoms with van der Waals surface area (Å²) in [5.74, 6) is -0.351. The fraction of sp³-hybridized carbons (Fsp3) is 0.500. The van der Waals surface area contributed by atoms with Gasteiger partial charge in [-0.2, -0.15) is 0 Å². The number of carbonyl (C=O) groups is 1. The van der Waals surface area contributed by atoms with Crippen LogP contribution in [0.2, 0.25) is 0 Å². The molecule has 0 aliphatic rings. The van der Waals surface area contributed by atoms with Crippen LogP contribution in [0.5, 0.6) is 0 Å². The minimum Gasteiger partial charge on any atom is -0.370 e. The van der Waals surface area contributed by atoms with Crippen LogP contribution in [0.25, 0.3) is 0 Å². The van der Waals surface area contributed by atoms with Crippen molar-refractivity contribution in [2.75, 3.05) is 7.11 Å². The minimum atomic E-state index is -0.751. The number of hydrogen-bond acceptors (Lipinski definition) is 2. The summed E-state index contributed by atoms with van der Waals surface area (Å²) in [7, 11) is 1.55. The molecule has 0 saturated heterocycles. The van der Waals surface area contributed by atoms with E-state index in [0.717, 1.165) is 0 Å². The van der Waals surface area contributed by atoms with E-state index in [-0.39, 0.29) is 18.0 Å². The van der Waals surface area contributed by atoms with Gasteiger partial charge in [-0.25, -0.2) is 4.39 Å². The molecule has 1 aromatic carbocycles. The third-order valence-corrected chi connectivity index (χ3v) is 3.79. The minimum absolute atomic E-state index is 0.00694. The second-order valence-electron chi connectivity index (χ2n) is 4.28. The molecule has 0 N–H and O–H groups in total. The Morgan fingerprint density at radius 3 is 2.39 bits per heavy atom. The predicted octanol–water partition coefficient (Wildman–Crippen LogP) is 3.91. The maximum atomic E-state index is 13.2. The standard InChI is InChI=1S/C14H18BrFO2/c1-4-14(5-2,18-3)13(17)8-10-6-11(15)9-12(16)7-10/h6-7,9H,4-5,8H2,1-3H3. The number of ketones is 1. The average Bonchev–Trinajstić information content (AvgIpc) is 2.30. The molecule has 0 spiro atoms. The first-order chi connectivity index (χ1) is 8.47. The summed E-state index contributed by atoms with van der Waals surface area (Å²) in [6.07, 6.45) is 1.43. The van der Waals surface area contributed by atoms with Crippen molar-refractivity contribution in [2.45, 2.75) is 38.7 Å². The van der Waals surface area contributed by atoms with E-state index in [1.807, 2.05) is 13.8 Å². The number of halogens is 2. The predicted molar refractivity (Wildman–Crippen MR) is 73.1 cm³/mol. The summed E-state index contributed by atoms with van der Waals surface area (Å²) in [4.78, 5) is 12.3. The zero-order valence-corrected chi connectivity index (χ0v) is 12.5. The largest absolute Gasteiger partial charge is 0.370 e. The monoisotopic (exact) mass is 316 g/mol. The van der Waals surface area contributed by atoms with Crippen LogP contribution >= 0.6 is 15.9 Å². The highest BCUT2D eigenvalue weighted by Gasteiger charge is 2.34. The Hall–Kier alpha value is -0.740. The molecule has 0 aliphatic carbocycles. The molecule has 0 aromatic heterocycles. The second kappa shape index (κ2) is 6.43. The molecule has 0 radical (unpaired) electrons. The number of Topliss-reactive ketones (excluding diaryl/α,β-unsaturated/α-hetero) is 1. The van der Waals surface area contributed by atoms with Gasteiger partial charge in [0.05, 0.1) is 0 Å². The third-order valence-electron chi connectivity index (χ3n) is 3.33. The van der Waals surface area contributed by atoms with Crippen LogP contribution < -0.4 is 0 Å². The molecule has 2 nitrogen and oxygen atoms in total. The number of hydrogen-bond donors (Lipinski definition) is 0. The Kier molecular flexibility index (Phi) is 5.47. The lowest BCUT2D eigenvalue weighted by molar-refractivity contribution is -0.141. The molecule has 0 heterocycles. The first-order valence-electron chi connectivity index (χ1n) is 6.00. The molecule has 0 saturated carbocycles. The lowest BCUT2D eigenvalue weighted by Crippen LogP contribution is -2.40. The van der Waals surface area contributed by atoms with Gasteiger partial charge in [0.1, 0.15) is 11.4 Å². The molecule has 0 aliphatic heterocycles. The first kappa shape index (κ1) is 15.3. The summed E-state index contributed by atoms with van der Waals surface area (Å²) >= 11 is 3.22. The average molecular weight is 317 g/mol. The third kappa shape index (κ3) is 3.39. The molecule has 18 heavy (non-hydrogen) atoms. The van der Waals surface area contributed by atoms with E-state index in [4.69, 9.17) is 4.74 Å². The van der Waals surface area contributed by atoms with E-state index in [1.54, 1.807) is 13.2 Å². The summed E-state index contributed by atoms with van der Waals surface area (Å²) in [5.41, 5.74) is -0.0890. The number of rotatable bonds is 6. The van der Waals surface area contributed by atoms with E-state index in [2.05, 4.69) is 15.9 Å². The smallest absolute Gasteiger partial charge is 0.168 e. The van der Waals surface area contributed by atoms with E-state index >= 15 is 0 Å². The molecule has 100 valence electrons. The van der Waals surface area contributed by atoms with Crippen LogP contribution in [-0.2, 0) is 16.0 Å². The van der Waals surface area contributed by atoms with Crippen LogP contribution in [0.15, 0.2) is 22.7 Å². The van der Waals surface area contributed by atoms with Crippen molar-refractivity contribution < 1.29 is 13.9 Å². The topological polar surface area (TPSA) is 26.3 Å². The zero-order chi connectivity index (χ0) is 13.8. The summed E-state index contributed by atoms with van der Waals surface area (Å²) in [6, 6.07) is 4.51. The van der Waals surface area contributed by atoms with Gasteiger partial charge in [-0.3, -0.25) is 4.79 Å². The number of methoxy groups -OCH3 is 1. The van der Waals surface area contributed by atoms with Gasteiger partial charge in [-0.1, -0.05) is 29.8 Å². The molecule has 1 aromatic rings. The van der Waals surface area contributed by atoms with Crippen molar-refractivity contribution in [1.82, 2.24) is 0 Å². The van der Waals surface area contributed by atoms with Crippen LogP contribution in [0.1, 0.15) is 32.3 Å². The zero-order valence-electron chi connectivity index (χ0n) is 10.9. The van der Waals surface area contributed by atoms with Crippen LogP contribution in [0.3, 0.4) is 0 Å². The molecule has 0 atom stereocenters. The number of benzene rings is 1. The van der Waals surface area contributed by atoms with Gasteiger partial charge in [0, 0.05) is 18.0 Å². The lowest BCUT2D eigenvalue weighted by atomic mass is 9.88. The van der Waals surface area contributed by atoms with Gasteiger partial charge in [0.25, 0.3) is 0 Å². The molecular weight excluding hydrogens is 299 g/mol. The molecule has 1 rings (SSSR count). The fourth-order valence-corrected chi connectivity index (χ4v) is 2.62. The first-order valence-corrected chi connectivity index (χ1v) is 6.80. The van der Waals surface area contributed by atoms with E-state index < -0.39 is 5.60 Å². The SMILES string of the molecule is CCC(CC)(OC)C(=O)Cc1cc(F)cc(Br)c1. The normalized spacial score (nSPS) is 11.6. The highest BCUT2D eigenvalue weighted by molar-refractivity contribution is 9.10. The molecule has 4 heteroatoms. The van der Waals surface area contributed by atoms with Crippen LogP contribution in [0.4, 0.5) is 4.39 Å². The fourth-order valence-electron chi connectivity index (χ4n) is 2.11. The Labute approximate surface area is 116 Å². The molecule has 0 unspecified atom stereocenters. The molecular formula is C14H18BrFO2. The second-order valence-corrected chi connectivity index (χ2v) is 5.20. The van der Waals surface area contributed by atoms with Crippen molar-refractivity contribution in [3.63, 3.8) is 0 Å². The quantitative estimate of drug-likeness (QED) is 0.795. The number of carbonyl (C=O) groups excluding carboxylic acids is 1. The summed E-state index contributed by atoms with van der Waals surface area (Å²) in [6.45, 7) is 3.85. The van der Waals surface area contributed by atoms with Gasteiger partial charge in [-0.05, 0) is 36.6 Å². The van der Waals surface area contributed by atoms with Gasteiger partial charge >= 0.3 is 0 Å². The molecule has 0 bridgehead atoms. The van der Waals surface area contributed by atoms with E-state index in [0.29, 0.717) is 22.9 Å². The Bertz CT molecular complexity index is 399. The maximum absolute atomic E-state index is 13.2. The van der Waals surface area contributed by atoms with Crippen LogP contribution in [-0.4, -0.2) is 18.5 Å². The van der Waals surface area contributed by atoms with Gasteiger partial charge in [-0.15, -0.1) is 0 Å². The Morgan fingerprint density at radius 1 is 1.33 bits per heavy atom. The maximum Gasteiger partial charge on any atom is 0.168 e. The van der Waals surface area contributed by atoms with Crippen LogP contribution in [0, 0.1) is 5.82 Å². The molecule has 0 fully saturated rings. The Morgan fingerprint density at radius 2 is 1.94 bits per heavy atom. The van der Waals surface area contributed by atoms with Crippen molar-refractivity contribution in [3.8, 4) is 0 Å². The van der Waals surface area contributed by atoms with E-state index in [1.165, 1.54) is 12.1 Å². The van der Waals surface area contributed by atoms with Gasteiger partial charge in [0.15, 0.2) is 5.78 Å². The van der Waals surface area contributed by atoms with Crippen molar-refractivity contribution in [1.29, 1.82) is 0 Å². The van der Waals surface area contributed by atoms with Crippen molar-refractivity contribution in [3.05, 3.63) is 34.1 Å². The Balaban J connectivity index is 2.92. The van der Waals surface area contributed by atoms with E-state index in [9.17, 15) is 9.18 Å². The van der Waals surface area contributed by atoms with Crippen molar-refractivity contribution >= 4 is 21.7 Å². The van der Waals surface area contributed by atoms with Gasteiger partial charge < -0.3 is 4.74 Å². The lowest BCUT2D eigenvalue weighted by Gasteiger charge is -2.28. The summed E-state index contributed by atoms with van der Waals surface area (Å²) in [5, 5.41) is 0. The highest BCUT2D eigenvalue weighted by atomic mass is 79.9. The summed E-state index contributed by atoms with van der Waals surface area (Å²) < 4.78 is 19.3. The molecule has 0 amide bonds.